The highest BCUT2D eigenvalue weighted by atomic mass is 32.2. The van der Waals surface area contributed by atoms with Gasteiger partial charge in [0.25, 0.3) is 5.91 Å². The van der Waals surface area contributed by atoms with E-state index < -0.39 is 10.0 Å². The Morgan fingerprint density at radius 1 is 0.939 bits per heavy atom. The Labute approximate surface area is 194 Å². The summed E-state index contributed by atoms with van der Waals surface area (Å²) >= 11 is 0. The number of amides is 1. The molecule has 33 heavy (non-hydrogen) atoms. The molecule has 0 spiro atoms. The van der Waals surface area contributed by atoms with E-state index in [9.17, 15) is 13.2 Å². The first-order chi connectivity index (χ1) is 15.8. The molecule has 1 saturated heterocycles. The quantitative estimate of drug-likeness (QED) is 0.449. The van der Waals surface area contributed by atoms with E-state index in [1.165, 1.54) is 4.31 Å². The van der Waals surface area contributed by atoms with Gasteiger partial charge in [0.05, 0.1) is 17.2 Å². The zero-order chi connectivity index (χ0) is 23.4. The maximum absolute atomic E-state index is 12.8. The lowest BCUT2D eigenvalue weighted by Crippen LogP contribution is -2.50. The van der Waals surface area contributed by atoms with Gasteiger partial charge in [0.1, 0.15) is 0 Å². The SMILES string of the molecule is CC(=NNC(=O)CN1CCN(S(=O)(=O)c2ccc(C)cc2)CC1)c1cccc2ccccc12. The largest absolute Gasteiger partial charge is 0.292 e. The van der Waals surface area contributed by atoms with Gasteiger partial charge in [-0.05, 0) is 36.8 Å². The van der Waals surface area contributed by atoms with Gasteiger partial charge in [-0.1, -0.05) is 60.2 Å². The van der Waals surface area contributed by atoms with Crippen molar-refractivity contribution in [3.63, 3.8) is 0 Å². The Kier molecular flexibility index (Phi) is 6.88. The number of hydrogen-bond donors (Lipinski definition) is 1. The predicted octanol–water partition coefficient (Wildman–Crippen LogP) is 2.99. The molecular formula is C25H28N4O3S. The van der Waals surface area contributed by atoms with Crippen LogP contribution in [-0.4, -0.2) is 62.0 Å². The van der Waals surface area contributed by atoms with E-state index >= 15 is 0 Å². The molecule has 0 bridgehead atoms. The molecule has 3 aromatic carbocycles. The number of aryl methyl sites for hydroxylation is 1. The normalized spacial score (nSPS) is 16.1. The third kappa shape index (κ3) is 5.30. The van der Waals surface area contributed by atoms with E-state index in [0.29, 0.717) is 31.1 Å². The zero-order valence-corrected chi connectivity index (χ0v) is 19.7. The van der Waals surface area contributed by atoms with Gasteiger partial charge in [-0.2, -0.15) is 9.41 Å². The molecule has 8 heteroatoms. The number of hydrazone groups is 1. The number of benzene rings is 3. The summed E-state index contributed by atoms with van der Waals surface area (Å²) in [5.74, 6) is -0.218. The number of hydrogen-bond acceptors (Lipinski definition) is 5. The lowest BCUT2D eigenvalue weighted by molar-refractivity contribution is -0.122. The standard InChI is InChI=1S/C25H28N4O3S/c1-19-10-12-22(13-11-19)33(31,32)29-16-14-28(15-17-29)18-25(30)27-26-20(2)23-9-5-7-21-6-3-4-8-24(21)23/h3-13H,14-18H2,1-2H3,(H,27,30). The third-order valence-corrected chi connectivity index (χ3v) is 7.80. The van der Waals surface area contributed by atoms with E-state index in [-0.39, 0.29) is 12.5 Å². The van der Waals surface area contributed by atoms with Gasteiger partial charge < -0.3 is 0 Å². The first kappa shape index (κ1) is 23.1. The fourth-order valence-electron chi connectivity index (χ4n) is 3.97. The van der Waals surface area contributed by atoms with Crippen LogP contribution in [0.15, 0.2) is 76.7 Å². The van der Waals surface area contributed by atoms with E-state index in [4.69, 9.17) is 0 Å². The van der Waals surface area contributed by atoms with Gasteiger partial charge >= 0.3 is 0 Å². The minimum atomic E-state index is -3.52. The topological polar surface area (TPSA) is 82.1 Å². The molecule has 0 unspecified atom stereocenters. The van der Waals surface area contributed by atoms with Crippen molar-refractivity contribution in [1.29, 1.82) is 0 Å². The molecule has 3 aromatic rings. The number of piperazine rings is 1. The molecule has 1 aliphatic heterocycles. The van der Waals surface area contributed by atoms with Gasteiger partial charge in [-0.15, -0.1) is 0 Å². The van der Waals surface area contributed by atoms with Crippen molar-refractivity contribution >= 4 is 32.4 Å². The average molecular weight is 465 g/mol. The van der Waals surface area contributed by atoms with Crippen LogP contribution in [0.4, 0.5) is 0 Å². The van der Waals surface area contributed by atoms with Crippen LogP contribution in [-0.2, 0) is 14.8 Å². The first-order valence-electron chi connectivity index (χ1n) is 10.9. The Balaban J connectivity index is 1.32. The summed E-state index contributed by atoms with van der Waals surface area (Å²) in [5, 5.41) is 6.50. The number of rotatable bonds is 6. The van der Waals surface area contributed by atoms with Crippen LogP contribution in [0, 0.1) is 6.92 Å². The minimum absolute atomic E-state index is 0.171. The summed E-state index contributed by atoms with van der Waals surface area (Å²) in [7, 11) is -3.52. The summed E-state index contributed by atoms with van der Waals surface area (Å²) in [6.45, 7) is 5.65. The number of carbonyl (C=O) groups is 1. The van der Waals surface area contributed by atoms with Gasteiger partial charge in [-0.3, -0.25) is 9.69 Å². The molecule has 0 aromatic heterocycles. The Bertz CT molecular complexity index is 1270. The highest BCUT2D eigenvalue weighted by molar-refractivity contribution is 7.89. The van der Waals surface area contributed by atoms with Crippen LogP contribution in [0.5, 0.6) is 0 Å². The minimum Gasteiger partial charge on any atom is -0.292 e. The van der Waals surface area contributed by atoms with Crippen LogP contribution < -0.4 is 5.43 Å². The second-order valence-corrected chi connectivity index (χ2v) is 10.2. The second kappa shape index (κ2) is 9.82. The predicted molar refractivity (Wildman–Crippen MR) is 131 cm³/mol. The molecule has 0 atom stereocenters. The molecule has 1 N–H and O–H groups in total. The van der Waals surface area contributed by atoms with E-state index in [0.717, 1.165) is 27.6 Å². The van der Waals surface area contributed by atoms with Gasteiger partial charge in [0.2, 0.25) is 10.0 Å². The average Bonchev–Trinajstić information content (AvgIpc) is 2.83. The Hall–Kier alpha value is -3.07. The van der Waals surface area contributed by atoms with Crippen LogP contribution in [0.1, 0.15) is 18.1 Å². The molecule has 172 valence electrons. The summed E-state index contributed by atoms with van der Waals surface area (Å²) in [6.07, 6.45) is 0. The summed E-state index contributed by atoms with van der Waals surface area (Å²) < 4.78 is 27.2. The molecule has 1 fully saturated rings. The van der Waals surface area contributed by atoms with E-state index in [1.54, 1.807) is 24.3 Å². The fourth-order valence-corrected chi connectivity index (χ4v) is 5.40. The van der Waals surface area contributed by atoms with Crippen molar-refractivity contribution in [1.82, 2.24) is 14.6 Å². The maximum Gasteiger partial charge on any atom is 0.254 e. The molecule has 1 amide bonds. The van der Waals surface area contributed by atoms with Crippen molar-refractivity contribution in [2.75, 3.05) is 32.7 Å². The van der Waals surface area contributed by atoms with Crippen LogP contribution >= 0.6 is 0 Å². The molecule has 0 saturated carbocycles. The van der Waals surface area contributed by atoms with Gasteiger partial charge in [-0.25, -0.2) is 13.8 Å². The molecule has 7 nitrogen and oxygen atoms in total. The molecule has 0 radical (unpaired) electrons. The second-order valence-electron chi connectivity index (χ2n) is 8.25. The van der Waals surface area contributed by atoms with Crippen molar-refractivity contribution in [2.24, 2.45) is 5.10 Å². The molecule has 1 heterocycles. The fraction of sp³-hybridized carbons (Fsp3) is 0.280. The zero-order valence-electron chi connectivity index (χ0n) is 18.9. The Morgan fingerprint density at radius 2 is 1.61 bits per heavy atom. The highest BCUT2D eigenvalue weighted by Crippen LogP contribution is 2.20. The van der Waals surface area contributed by atoms with Crippen molar-refractivity contribution in [2.45, 2.75) is 18.7 Å². The van der Waals surface area contributed by atoms with Crippen molar-refractivity contribution in [3.8, 4) is 0 Å². The molecule has 4 rings (SSSR count). The van der Waals surface area contributed by atoms with E-state index in [2.05, 4.69) is 10.5 Å². The van der Waals surface area contributed by atoms with Crippen molar-refractivity contribution < 1.29 is 13.2 Å². The number of fused-ring (bicyclic) bond motifs is 1. The summed E-state index contributed by atoms with van der Waals surface area (Å²) in [5.41, 5.74) is 5.36. The smallest absolute Gasteiger partial charge is 0.254 e. The van der Waals surface area contributed by atoms with Gasteiger partial charge in [0.15, 0.2) is 0 Å². The van der Waals surface area contributed by atoms with Crippen LogP contribution in [0.2, 0.25) is 0 Å². The lowest BCUT2D eigenvalue weighted by atomic mass is 10.0. The van der Waals surface area contributed by atoms with Crippen LogP contribution in [0.25, 0.3) is 10.8 Å². The monoisotopic (exact) mass is 464 g/mol. The molecular weight excluding hydrogens is 436 g/mol. The molecule has 0 aliphatic carbocycles. The number of nitrogens with one attached hydrogen (secondary N) is 1. The van der Waals surface area contributed by atoms with Crippen molar-refractivity contribution in [3.05, 3.63) is 77.9 Å². The number of sulfonamides is 1. The summed E-state index contributed by atoms with van der Waals surface area (Å²) in [6, 6.07) is 20.9. The summed E-state index contributed by atoms with van der Waals surface area (Å²) in [4.78, 5) is 14.7. The highest BCUT2D eigenvalue weighted by Gasteiger charge is 2.28. The maximum atomic E-state index is 12.8. The number of carbonyl (C=O) groups excluding carboxylic acids is 1. The third-order valence-electron chi connectivity index (χ3n) is 5.88. The first-order valence-corrected chi connectivity index (χ1v) is 12.4. The lowest BCUT2D eigenvalue weighted by Gasteiger charge is -2.33. The molecule has 1 aliphatic rings. The van der Waals surface area contributed by atoms with Gasteiger partial charge in [0, 0.05) is 31.7 Å². The number of nitrogens with zero attached hydrogens (tertiary/aromatic N) is 3. The Morgan fingerprint density at radius 3 is 2.33 bits per heavy atom. The van der Waals surface area contributed by atoms with E-state index in [1.807, 2.05) is 61.2 Å². The van der Waals surface area contributed by atoms with Crippen LogP contribution in [0.3, 0.4) is 0 Å².